The zero-order chi connectivity index (χ0) is 22.9. The molecule has 2 N–H and O–H groups in total. The number of nitrogens with zero attached hydrogens (tertiary/aromatic N) is 1. The van der Waals surface area contributed by atoms with Crippen molar-refractivity contribution >= 4 is 46.2 Å². The number of likely N-dealkylation sites (tertiary alicyclic amines) is 1. The van der Waals surface area contributed by atoms with E-state index in [4.69, 9.17) is 44.9 Å². The molecule has 2 aliphatic rings. The summed E-state index contributed by atoms with van der Waals surface area (Å²) >= 11 is 18.0. The number of hydrogen-bond donors (Lipinski definition) is 2. The number of rotatable bonds is 5. The highest BCUT2D eigenvalue weighted by Crippen LogP contribution is 2.49. The van der Waals surface area contributed by atoms with Crippen LogP contribution in [0.25, 0.3) is 0 Å². The van der Waals surface area contributed by atoms with E-state index in [2.05, 4.69) is 34.7 Å². The molecule has 1 heterocycles. The molecular weight excluding hydrogens is 465 g/mol. The summed E-state index contributed by atoms with van der Waals surface area (Å²) in [6.07, 6.45) is 4.26. The van der Waals surface area contributed by atoms with Gasteiger partial charge in [-0.1, -0.05) is 35.3 Å². The lowest BCUT2D eigenvalue weighted by atomic mass is 9.65. The number of fused-ring (bicyclic) bond motifs is 1. The van der Waals surface area contributed by atoms with Gasteiger partial charge in [0, 0.05) is 17.5 Å². The summed E-state index contributed by atoms with van der Waals surface area (Å²) in [5.41, 5.74) is 2.15. The van der Waals surface area contributed by atoms with Crippen molar-refractivity contribution in [3.63, 3.8) is 0 Å². The molecule has 8 heteroatoms. The van der Waals surface area contributed by atoms with Crippen LogP contribution in [0, 0.1) is 0 Å². The lowest BCUT2D eigenvalue weighted by Crippen LogP contribution is -2.52. The van der Waals surface area contributed by atoms with E-state index < -0.39 is 0 Å². The van der Waals surface area contributed by atoms with Crippen molar-refractivity contribution in [2.45, 2.75) is 43.2 Å². The van der Waals surface area contributed by atoms with Crippen LogP contribution in [-0.2, 0) is 5.41 Å². The van der Waals surface area contributed by atoms with Gasteiger partial charge in [-0.25, -0.2) is 0 Å². The van der Waals surface area contributed by atoms with Crippen molar-refractivity contribution in [3.8, 4) is 11.5 Å². The molecule has 5 nitrogen and oxygen atoms in total. The summed E-state index contributed by atoms with van der Waals surface area (Å²) in [5.74, 6) is 1.55. The van der Waals surface area contributed by atoms with Crippen LogP contribution in [0.4, 0.5) is 5.69 Å². The highest BCUT2D eigenvalue weighted by molar-refractivity contribution is 7.80. The van der Waals surface area contributed by atoms with Gasteiger partial charge in [0.1, 0.15) is 0 Å². The van der Waals surface area contributed by atoms with Gasteiger partial charge in [0.25, 0.3) is 0 Å². The first-order chi connectivity index (χ1) is 15.4. The molecule has 2 aromatic rings. The average molecular weight is 494 g/mol. The van der Waals surface area contributed by atoms with E-state index in [-0.39, 0.29) is 11.5 Å². The van der Waals surface area contributed by atoms with Crippen LogP contribution in [0.2, 0.25) is 10.0 Å². The zero-order valence-corrected chi connectivity index (χ0v) is 20.9. The van der Waals surface area contributed by atoms with E-state index in [9.17, 15) is 0 Å². The second-order valence-electron chi connectivity index (χ2n) is 8.64. The van der Waals surface area contributed by atoms with E-state index >= 15 is 0 Å². The lowest BCUT2D eigenvalue weighted by molar-refractivity contribution is 0.161. The molecule has 3 atom stereocenters. The number of thiocarbonyl (C=S) groups is 1. The average Bonchev–Trinajstić information content (AvgIpc) is 3.13. The number of halogens is 2. The Kier molecular flexibility index (Phi) is 7.06. The van der Waals surface area contributed by atoms with Crippen LogP contribution in [0.15, 0.2) is 36.4 Å². The van der Waals surface area contributed by atoms with Crippen molar-refractivity contribution in [2.24, 2.45) is 0 Å². The van der Waals surface area contributed by atoms with Crippen molar-refractivity contribution in [1.29, 1.82) is 0 Å². The van der Waals surface area contributed by atoms with Crippen LogP contribution >= 0.6 is 35.4 Å². The third-order valence-corrected chi connectivity index (χ3v) is 8.06. The third-order valence-electron chi connectivity index (χ3n) is 7.02. The molecule has 1 aliphatic heterocycles. The number of nitrogens with one attached hydrogen (secondary N) is 2. The van der Waals surface area contributed by atoms with Crippen LogP contribution < -0.4 is 20.1 Å². The number of hydrogen-bond acceptors (Lipinski definition) is 4. The molecular formula is C24H29Cl2N3O2S. The number of ether oxygens (including phenoxy) is 2. The topological polar surface area (TPSA) is 45.8 Å². The Morgan fingerprint density at radius 3 is 2.66 bits per heavy atom. The monoisotopic (exact) mass is 493 g/mol. The smallest absolute Gasteiger partial charge is 0.171 e. The molecule has 2 fully saturated rings. The maximum absolute atomic E-state index is 6.30. The van der Waals surface area contributed by atoms with Gasteiger partial charge in [-0.2, -0.15) is 0 Å². The van der Waals surface area contributed by atoms with Crippen molar-refractivity contribution in [3.05, 3.63) is 52.0 Å². The van der Waals surface area contributed by atoms with Crippen LogP contribution in [0.3, 0.4) is 0 Å². The minimum absolute atomic E-state index is 0.109. The Morgan fingerprint density at radius 2 is 1.91 bits per heavy atom. The van der Waals surface area contributed by atoms with Gasteiger partial charge in [-0.3, -0.25) is 0 Å². The molecule has 32 heavy (non-hydrogen) atoms. The molecule has 0 amide bonds. The maximum Gasteiger partial charge on any atom is 0.171 e. The van der Waals surface area contributed by atoms with E-state index in [1.54, 1.807) is 20.3 Å². The molecule has 0 bridgehead atoms. The SMILES string of the molecule is COc1ccc([C@@]23CC[C@H](NC(=S)Nc4cccc(Cl)c4Cl)C[C@H]2N(C)CC3)cc1OC. The number of benzene rings is 2. The largest absolute Gasteiger partial charge is 0.493 e. The van der Waals surface area contributed by atoms with E-state index in [0.29, 0.717) is 26.9 Å². The standard InChI is InChI=1S/C24H29Cl2N3O2S/c1-29-12-11-24(15-7-8-19(30-2)20(13-15)31-3)10-9-16(14-21(24)29)27-23(32)28-18-6-4-5-17(25)22(18)26/h4-8,13,16,21H,9-12,14H2,1-3H3,(H2,27,28,32)/t16-,21+,24-/m0/s1. The number of likely N-dealkylation sites (N-methyl/N-ethyl adjacent to an activating group) is 1. The highest BCUT2D eigenvalue weighted by Gasteiger charge is 2.50. The molecule has 0 radical (unpaired) electrons. The summed E-state index contributed by atoms with van der Waals surface area (Å²) in [6.45, 7) is 1.08. The molecule has 1 saturated heterocycles. The van der Waals surface area contributed by atoms with Gasteiger partial charge < -0.3 is 25.0 Å². The van der Waals surface area contributed by atoms with Gasteiger partial charge in [0.2, 0.25) is 0 Å². The fourth-order valence-corrected chi connectivity index (χ4v) is 5.96. The van der Waals surface area contributed by atoms with E-state index in [1.165, 1.54) is 5.56 Å². The van der Waals surface area contributed by atoms with Crippen molar-refractivity contribution in [2.75, 3.05) is 33.1 Å². The summed E-state index contributed by atoms with van der Waals surface area (Å²) < 4.78 is 11.0. The van der Waals surface area contributed by atoms with Crippen molar-refractivity contribution < 1.29 is 9.47 Å². The molecule has 4 rings (SSSR count). The number of anilines is 1. The normalized spacial score (nSPS) is 25.2. The Balaban J connectivity index is 1.49. The van der Waals surface area contributed by atoms with Crippen LogP contribution in [0.1, 0.15) is 31.2 Å². The Hall–Kier alpha value is -1.73. The van der Waals surface area contributed by atoms with Crippen LogP contribution in [-0.4, -0.2) is 49.9 Å². The minimum atomic E-state index is 0.109. The second kappa shape index (κ2) is 9.64. The summed E-state index contributed by atoms with van der Waals surface area (Å²) in [4.78, 5) is 2.48. The first-order valence-electron chi connectivity index (χ1n) is 10.8. The first kappa shape index (κ1) is 23.4. The Labute approximate surface area is 205 Å². The van der Waals surface area contributed by atoms with Gasteiger partial charge in [-0.05, 0) is 81.3 Å². The third kappa shape index (κ3) is 4.38. The summed E-state index contributed by atoms with van der Waals surface area (Å²) in [6, 6.07) is 12.6. The summed E-state index contributed by atoms with van der Waals surface area (Å²) in [5, 5.41) is 8.25. The molecule has 0 unspecified atom stereocenters. The molecule has 172 valence electrons. The van der Waals surface area contributed by atoms with E-state index in [0.717, 1.165) is 43.7 Å². The zero-order valence-electron chi connectivity index (χ0n) is 18.6. The van der Waals surface area contributed by atoms with Crippen LogP contribution in [0.5, 0.6) is 11.5 Å². The predicted octanol–water partition coefficient (Wildman–Crippen LogP) is 5.49. The Morgan fingerprint density at radius 1 is 1.12 bits per heavy atom. The molecule has 0 aromatic heterocycles. The second-order valence-corrected chi connectivity index (χ2v) is 9.84. The Bertz CT molecular complexity index is 1010. The van der Waals surface area contributed by atoms with Gasteiger partial charge >= 0.3 is 0 Å². The van der Waals surface area contributed by atoms with E-state index in [1.807, 2.05) is 18.2 Å². The molecule has 0 spiro atoms. The predicted molar refractivity (Wildman–Crippen MR) is 136 cm³/mol. The fraction of sp³-hybridized carbons (Fsp3) is 0.458. The quantitative estimate of drug-likeness (QED) is 0.536. The molecule has 2 aromatic carbocycles. The highest BCUT2D eigenvalue weighted by atomic mass is 35.5. The van der Waals surface area contributed by atoms with Gasteiger partial charge in [-0.15, -0.1) is 0 Å². The lowest BCUT2D eigenvalue weighted by Gasteiger charge is -2.45. The fourth-order valence-electron chi connectivity index (χ4n) is 5.34. The molecule has 1 aliphatic carbocycles. The number of methoxy groups -OCH3 is 2. The molecule has 1 saturated carbocycles. The van der Waals surface area contributed by atoms with Gasteiger partial charge in [0.15, 0.2) is 16.6 Å². The maximum atomic E-state index is 6.30. The van der Waals surface area contributed by atoms with Crippen molar-refractivity contribution in [1.82, 2.24) is 10.2 Å². The minimum Gasteiger partial charge on any atom is -0.493 e. The first-order valence-corrected chi connectivity index (χ1v) is 12.0. The summed E-state index contributed by atoms with van der Waals surface area (Å²) in [7, 11) is 5.59. The van der Waals surface area contributed by atoms with Gasteiger partial charge in [0.05, 0.1) is 30.0 Å².